The van der Waals surface area contributed by atoms with Crippen LogP contribution in [0.2, 0.25) is 5.02 Å². The Kier molecular flexibility index (Phi) is 9.45. The molecule has 1 aliphatic rings. The molecule has 9 nitrogen and oxygen atoms in total. The number of nitrogens with zero attached hydrogens (tertiary/aromatic N) is 3. The second kappa shape index (κ2) is 13.7. The van der Waals surface area contributed by atoms with Crippen molar-refractivity contribution in [3.05, 3.63) is 142 Å². The third-order valence-corrected chi connectivity index (χ3v) is 9.79. The van der Waals surface area contributed by atoms with Gasteiger partial charge in [-0.3, -0.25) is 9.36 Å². The quantitative estimate of drug-likeness (QED) is 0.182. The molecule has 0 bridgehead atoms. The molecule has 6 rings (SSSR count). The molecule has 1 aliphatic heterocycles. The number of hydrogen-bond acceptors (Lipinski definition) is 8. The fourth-order valence-corrected chi connectivity index (χ4v) is 7.47. The number of aromatic nitrogens is 2. The number of methoxy groups -OCH3 is 2. The van der Waals surface area contributed by atoms with E-state index < -0.39 is 18.0 Å². The fourth-order valence-electron chi connectivity index (χ4n) is 6.30. The summed E-state index contributed by atoms with van der Waals surface area (Å²) >= 11 is 7.74. The number of carbonyl (C=O) groups excluding carboxylic acids is 2. The molecule has 1 atom stereocenters. The number of halogens is 1. The maximum Gasteiger partial charge on any atom is 0.338 e. The van der Waals surface area contributed by atoms with Gasteiger partial charge in [0.2, 0.25) is 0 Å². The Bertz CT molecular complexity index is 2330. The summed E-state index contributed by atoms with van der Waals surface area (Å²) in [6.07, 6.45) is 1.84. The molecule has 0 saturated carbocycles. The van der Waals surface area contributed by atoms with E-state index in [1.54, 1.807) is 31.2 Å². The van der Waals surface area contributed by atoms with E-state index >= 15 is 0 Å². The van der Waals surface area contributed by atoms with Gasteiger partial charge in [0.1, 0.15) is 11.8 Å². The first-order valence-corrected chi connectivity index (χ1v) is 16.8. The normalized spacial score (nSPS) is 14.3. The summed E-state index contributed by atoms with van der Waals surface area (Å²) in [5.74, 6) is -0.557. The number of thiazole rings is 1. The molecule has 250 valence electrons. The molecule has 0 N–H and O–H groups in total. The minimum atomic E-state index is -0.947. The van der Waals surface area contributed by atoms with E-state index in [4.69, 9.17) is 30.8 Å². The van der Waals surface area contributed by atoms with Gasteiger partial charge >= 0.3 is 11.9 Å². The maximum atomic E-state index is 14.5. The van der Waals surface area contributed by atoms with Crippen LogP contribution in [0.15, 0.2) is 88.2 Å². The molecule has 11 heteroatoms. The molecule has 49 heavy (non-hydrogen) atoms. The van der Waals surface area contributed by atoms with Crippen molar-refractivity contribution in [1.29, 1.82) is 0 Å². The van der Waals surface area contributed by atoms with Crippen molar-refractivity contribution in [1.82, 2.24) is 9.13 Å². The van der Waals surface area contributed by atoms with Crippen LogP contribution in [0.5, 0.6) is 5.75 Å². The molecule has 0 saturated heterocycles. The molecule has 0 unspecified atom stereocenters. The first-order valence-electron chi connectivity index (χ1n) is 15.6. The number of benzene rings is 3. The van der Waals surface area contributed by atoms with Crippen molar-refractivity contribution in [2.24, 2.45) is 4.99 Å². The molecule has 0 radical (unpaired) electrons. The van der Waals surface area contributed by atoms with Crippen molar-refractivity contribution < 1.29 is 23.8 Å². The lowest BCUT2D eigenvalue weighted by molar-refractivity contribution is -0.138. The highest BCUT2D eigenvalue weighted by Gasteiger charge is 2.37. The van der Waals surface area contributed by atoms with Crippen molar-refractivity contribution in [2.75, 3.05) is 20.8 Å². The smallest absolute Gasteiger partial charge is 0.338 e. The van der Waals surface area contributed by atoms with Gasteiger partial charge in [-0.1, -0.05) is 59.3 Å². The molecule has 0 aliphatic carbocycles. The third-order valence-electron chi connectivity index (χ3n) is 8.57. The average Bonchev–Trinajstić information content (AvgIpc) is 3.56. The zero-order valence-electron chi connectivity index (χ0n) is 27.9. The summed E-state index contributed by atoms with van der Waals surface area (Å²) in [6, 6.07) is 21.0. The van der Waals surface area contributed by atoms with Crippen molar-refractivity contribution in [3.63, 3.8) is 0 Å². The van der Waals surface area contributed by atoms with Crippen LogP contribution in [-0.4, -0.2) is 41.9 Å². The van der Waals surface area contributed by atoms with Gasteiger partial charge in [0.25, 0.3) is 5.56 Å². The van der Waals surface area contributed by atoms with Gasteiger partial charge in [0.15, 0.2) is 4.80 Å². The lowest BCUT2D eigenvalue weighted by atomic mass is 9.92. The van der Waals surface area contributed by atoms with Crippen LogP contribution in [0.3, 0.4) is 0 Å². The van der Waals surface area contributed by atoms with Gasteiger partial charge in [-0.2, -0.15) is 0 Å². The van der Waals surface area contributed by atoms with Crippen molar-refractivity contribution in [3.8, 4) is 11.4 Å². The third kappa shape index (κ3) is 6.02. The first-order chi connectivity index (χ1) is 23.6. The standard InChI is InChI=1S/C38H34ClN3O6S/c1-7-48-37(45)32-33(24-12-9-8-10-13-24)40-38-42(34(32)28-20-26(39)16-17-30(28)46-5)35(43)31(49-38)19-25-18-21(2)41(23(25)4)29-15-11-14-27(22(29)3)36(44)47-6/h8-20,34H,7H2,1-6H3/b31-19-/t34-/m0/s1. The van der Waals surface area contributed by atoms with Gasteiger partial charge in [-0.05, 0) is 81.3 Å². The molecule has 0 fully saturated rings. The minimum Gasteiger partial charge on any atom is -0.496 e. The number of hydrogen-bond donors (Lipinski definition) is 0. The number of fused-ring (bicyclic) bond motifs is 1. The Labute approximate surface area is 292 Å². The molecule has 0 amide bonds. The first kappa shape index (κ1) is 33.7. The van der Waals surface area contributed by atoms with Crippen molar-refractivity contribution in [2.45, 2.75) is 33.7 Å². The Morgan fingerprint density at radius 2 is 1.73 bits per heavy atom. The predicted molar refractivity (Wildman–Crippen MR) is 190 cm³/mol. The largest absolute Gasteiger partial charge is 0.496 e. The fraction of sp³-hybridized carbons (Fsp3) is 0.211. The van der Waals surface area contributed by atoms with Gasteiger partial charge < -0.3 is 18.8 Å². The average molecular weight is 696 g/mol. The summed E-state index contributed by atoms with van der Waals surface area (Å²) in [5.41, 5.74) is 6.17. The van der Waals surface area contributed by atoms with Crippen LogP contribution in [0, 0.1) is 20.8 Å². The molecular weight excluding hydrogens is 662 g/mol. The second-order valence-corrected chi connectivity index (χ2v) is 12.9. The monoisotopic (exact) mass is 695 g/mol. The summed E-state index contributed by atoms with van der Waals surface area (Å²) in [4.78, 5) is 46.1. The summed E-state index contributed by atoms with van der Waals surface area (Å²) in [6.45, 7) is 7.68. The van der Waals surface area contributed by atoms with Gasteiger partial charge in [0.05, 0.1) is 42.2 Å². The Morgan fingerprint density at radius 1 is 0.980 bits per heavy atom. The van der Waals surface area contributed by atoms with Crippen LogP contribution in [0.25, 0.3) is 17.5 Å². The number of rotatable bonds is 8. The van der Waals surface area contributed by atoms with E-state index in [0.29, 0.717) is 42.5 Å². The summed E-state index contributed by atoms with van der Waals surface area (Å²) in [5, 5.41) is 0.415. The van der Waals surface area contributed by atoms with Crippen LogP contribution in [-0.2, 0) is 14.3 Å². The molecule has 3 heterocycles. The Hall–Kier alpha value is -5.19. The molecule has 3 aromatic carbocycles. The van der Waals surface area contributed by atoms with Crippen LogP contribution in [0.4, 0.5) is 0 Å². The Balaban J connectivity index is 1.61. The van der Waals surface area contributed by atoms with Crippen LogP contribution < -0.4 is 19.6 Å². The van der Waals surface area contributed by atoms with E-state index in [1.165, 1.54) is 30.1 Å². The molecule has 5 aromatic rings. The lowest BCUT2D eigenvalue weighted by Gasteiger charge is -2.27. The SMILES string of the molecule is CCOC(=O)C1=C(c2ccccc2)N=c2s/c(=C\c3cc(C)n(-c4cccc(C(=O)OC)c4C)c3C)c(=O)n2[C@H]1c1cc(Cl)ccc1OC. The molecule has 2 aromatic heterocycles. The van der Waals surface area contributed by atoms with E-state index in [2.05, 4.69) is 4.57 Å². The zero-order chi connectivity index (χ0) is 35.0. The topological polar surface area (TPSA) is 101 Å². The summed E-state index contributed by atoms with van der Waals surface area (Å²) < 4.78 is 20.3. The van der Waals surface area contributed by atoms with Gasteiger partial charge in [0, 0.05) is 33.2 Å². The minimum absolute atomic E-state index is 0.131. The predicted octanol–water partition coefficient (Wildman–Crippen LogP) is 6.10. The summed E-state index contributed by atoms with van der Waals surface area (Å²) in [7, 11) is 2.89. The maximum absolute atomic E-state index is 14.5. The second-order valence-electron chi connectivity index (χ2n) is 11.4. The van der Waals surface area contributed by atoms with Gasteiger partial charge in [-0.25, -0.2) is 14.6 Å². The Morgan fingerprint density at radius 3 is 2.43 bits per heavy atom. The van der Waals surface area contributed by atoms with Gasteiger partial charge in [-0.15, -0.1) is 0 Å². The van der Waals surface area contributed by atoms with Crippen LogP contribution in [0.1, 0.15) is 57.0 Å². The number of ether oxygens (including phenoxy) is 3. The molecular formula is C38H34ClN3O6S. The molecule has 0 spiro atoms. The highest BCUT2D eigenvalue weighted by atomic mass is 35.5. The zero-order valence-corrected chi connectivity index (χ0v) is 29.4. The number of carbonyl (C=O) groups is 2. The van der Waals surface area contributed by atoms with Crippen LogP contribution >= 0.6 is 22.9 Å². The van der Waals surface area contributed by atoms with E-state index in [9.17, 15) is 14.4 Å². The highest BCUT2D eigenvalue weighted by molar-refractivity contribution is 7.07. The van der Waals surface area contributed by atoms with E-state index in [-0.39, 0.29) is 17.7 Å². The number of aryl methyl sites for hydroxylation is 1. The lowest BCUT2D eigenvalue weighted by Crippen LogP contribution is -2.40. The van der Waals surface area contributed by atoms with E-state index in [1.807, 2.05) is 75.4 Å². The van der Waals surface area contributed by atoms with E-state index in [0.717, 1.165) is 28.2 Å². The van der Waals surface area contributed by atoms with Crippen molar-refractivity contribution >= 4 is 46.6 Å². The number of esters is 2. The highest BCUT2D eigenvalue weighted by Crippen LogP contribution is 2.40.